The number of fused-ring (bicyclic) bond motifs is 1. The molecule has 33 heavy (non-hydrogen) atoms. The largest absolute Gasteiger partial charge is 0.478 e. The highest BCUT2D eigenvalue weighted by molar-refractivity contribution is 5.99. The second kappa shape index (κ2) is 8.87. The number of benzene rings is 2. The Morgan fingerprint density at radius 2 is 1.76 bits per heavy atom. The molecule has 0 bridgehead atoms. The van der Waals surface area contributed by atoms with Crippen LogP contribution in [0.4, 0.5) is 4.39 Å². The van der Waals surface area contributed by atoms with Gasteiger partial charge < -0.3 is 5.11 Å². The number of carbonyl (C=O) groups is 1. The van der Waals surface area contributed by atoms with Crippen molar-refractivity contribution in [2.24, 2.45) is 5.92 Å². The van der Waals surface area contributed by atoms with Crippen LogP contribution in [-0.2, 0) is 4.79 Å². The Labute approximate surface area is 191 Å². The molecule has 164 valence electrons. The zero-order valence-corrected chi connectivity index (χ0v) is 18.0. The van der Waals surface area contributed by atoms with Crippen molar-refractivity contribution < 1.29 is 14.3 Å². The average molecular weight is 439 g/mol. The average Bonchev–Trinajstić information content (AvgIpc) is 3.28. The van der Waals surface area contributed by atoms with Gasteiger partial charge in [-0.1, -0.05) is 61.0 Å². The molecule has 1 aliphatic carbocycles. The normalized spacial score (nSPS) is 14.9. The van der Waals surface area contributed by atoms with Gasteiger partial charge in [0, 0.05) is 24.0 Å². The van der Waals surface area contributed by atoms with Crippen LogP contribution in [0, 0.1) is 11.9 Å². The third-order valence-corrected chi connectivity index (χ3v) is 6.26. The van der Waals surface area contributed by atoms with Gasteiger partial charge in [0.1, 0.15) is 5.65 Å². The Morgan fingerprint density at radius 3 is 2.42 bits per heavy atom. The van der Waals surface area contributed by atoms with Crippen molar-refractivity contribution in [2.75, 3.05) is 0 Å². The van der Waals surface area contributed by atoms with Gasteiger partial charge >= 0.3 is 5.97 Å². The van der Waals surface area contributed by atoms with Gasteiger partial charge in [0.05, 0.1) is 0 Å². The fraction of sp³-hybridized carbons (Fsp3) is 0.143. The molecule has 0 amide bonds. The summed E-state index contributed by atoms with van der Waals surface area (Å²) in [6.45, 7) is 0. The summed E-state index contributed by atoms with van der Waals surface area (Å²) in [4.78, 5) is 15.1. The van der Waals surface area contributed by atoms with Crippen LogP contribution in [0.25, 0.3) is 22.9 Å². The molecular weight excluding hydrogens is 415 g/mol. The topological polar surface area (TPSA) is 54.6 Å². The number of imidazole rings is 1. The van der Waals surface area contributed by atoms with E-state index >= 15 is 4.39 Å². The van der Waals surface area contributed by atoms with E-state index in [1.54, 1.807) is 18.5 Å². The molecule has 0 aliphatic heterocycles. The molecule has 2 heterocycles. The van der Waals surface area contributed by atoms with E-state index in [4.69, 9.17) is 5.11 Å². The number of allylic oxidation sites excluding steroid dienone is 1. The van der Waals surface area contributed by atoms with E-state index in [1.165, 1.54) is 4.40 Å². The van der Waals surface area contributed by atoms with Crippen LogP contribution in [0.15, 0.2) is 85.2 Å². The lowest BCUT2D eigenvalue weighted by molar-refractivity contribution is -0.131. The van der Waals surface area contributed by atoms with Crippen LogP contribution in [0.5, 0.6) is 0 Å². The molecule has 2 aromatic carbocycles. The molecular formula is C28H23FN2O2. The minimum absolute atomic E-state index is 0.345. The van der Waals surface area contributed by atoms with Crippen LogP contribution >= 0.6 is 0 Å². The molecule has 0 spiro atoms. The molecule has 4 nitrogen and oxygen atoms in total. The first-order chi connectivity index (χ1) is 16.1. The van der Waals surface area contributed by atoms with Gasteiger partial charge in [0.15, 0.2) is 0 Å². The number of carboxylic acid groups (broad SMARTS) is 1. The fourth-order valence-electron chi connectivity index (χ4n) is 4.43. The summed E-state index contributed by atoms with van der Waals surface area (Å²) in [7, 11) is 0. The highest BCUT2D eigenvalue weighted by atomic mass is 19.1. The van der Waals surface area contributed by atoms with Crippen LogP contribution in [0.1, 0.15) is 41.5 Å². The second-order valence-electron chi connectivity index (χ2n) is 8.27. The van der Waals surface area contributed by atoms with Crippen molar-refractivity contribution in [3.63, 3.8) is 0 Å². The molecule has 1 saturated carbocycles. The van der Waals surface area contributed by atoms with Crippen molar-refractivity contribution in [1.29, 1.82) is 0 Å². The summed E-state index contributed by atoms with van der Waals surface area (Å²) >= 11 is 0. The predicted octanol–water partition coefficient (Wildman–Crippen LogP) is 6.33. The van der Waals surface area contributed by atoms with Gasteiger partial charge in [0.25, 0.3) is 0 Å². The molecule has 2 aromatic heterocycles. The summed E-state index contributed by atoms with van der Waals surface area (Å²) in [5.41, 5.74) is 5.87. The Kier molecular flexibility index (Phi) is 5.61. The van der Waals surface area contributed by atoms with Crippen molar-refractivity contribution in [3.8, 4) is 0 Å². The van der Waals surface area contributed by atoms with E-state index in [9.17, 15) is 4.79 Å². The molecule has 1 aliphatic rings. The smallest absolute Gasteiger partial charge is 0.328 e. The van der Waals surface area contributed by atoms with E-state index in [2.05, 4.69) is 17.1 Å². The minimum Gasteiger partial charge on any atom is -0.478 e. The molecule has 0 saturated heterocycles. The second-order valence-corrected chi connectivity index (χ2v) is 8.27. The summed E-state index contributed by atoms with van der Waals surface area (Å²) in [6, 6.07) is 21.5. The maximum atomic E-state index is 15.8. The lowest BCUT2D eigenvalue weighted by Crippen LogP contribution is -2.15. The molecule has 0 radical (unpaired) electrons. The van der Waals surface area contributed by atoms with E-state index in [0.717, 1.165) is 53.2 Å². The van der Waals surface area contributed by atoms with Crippen molar-refractivity contribution >= 4 is 28.8 Å². The molecule has 1 fully saturated rings. The Balaban J connectivity index is 1.75. The van der Waals surface area contributed by atoms with E-state index in [-0.39, 0.29) is 5.95 Å². The molecule has 5 heteroatoms. The number of nitrogens with zero attached hydrogens (tertiary/aromatic N) is 2. The van der Waals surface area contributed by atoms with Crippen molar-refractivity contribution in [1.82, 2.24) is 9.38 Å². The van der Waals surface area contributed by atoms with Crippen LogP contribution < -0.4 is 0 Å². The maximum Gasteiger partial charge on any atom is 0.328 e. The van der Waals surface area contributed by atoms with Crippen molar-refractivity contribution in [3.05, 3.63) is 113 Å². The standard InChI is InChI=1S/C28H23FN2O2/c29-28-23(14-15-24-30-17-18-31(24)28)27(22-12-9-19(10-13-22)11-16-25(32)33)26(21-7-4-8-21)20-5-2-1-3-6-20/h1-3,5-6,9-18,21H,4,7-8H2,(H,32,33)/b16-11+,27-26-. The molecule has 0 unspecified atom stereocenters. The first-order valence-corrected chi connectivity index (χ1v) is 11.0. The third kappa shape index (κ3) is 4.10. The molecule has 1 N–H and O–H groups in total. The van der Waals surface area contributed by atoms with Crippen LogP contribution in [0.2, 0.25) is 0 Å². The van der Waals surface area contributed by atoms with Gasteiger partial charge in [-0.2, -0.15) is 4.39 Å². The van der Waals surface area contributed by atoms with E-state index < -0.39 is 5.97 Å². The Hall–Kier alpha value is -3.99. The van der Waals surface area contributed by atoms with E-state index in [0.29, 0.717) is 17.1 Å². The number of pyridine rings is 1. The monoisotopic (exact) mass is 438 g/mol. The highest BCUT2D eigenvalue weighted by Crippen LogP contribution is 2.45. The predicted molar refractivity (Wildman–Crippen MR) is 128 cm³/mol. The first-order valence-electron chi connectivity index (χ1n) is 11.0. The number of aliphatic carboxylic acids is 1. The maximum absolute atomic E-state index is 15.8. The number of aromatic nitrogens is 2. The summed E-state index contributed by atoms with van der Waals surface area (Å²) in [6.07, 6.45) is 9.20. The van der Waals surface area contributed by atoms with Gasteiger partial charge in [0.2, 0.25) is 5.95 Å². The Bertz CT molecular complexity index is 1360. The lowest BCUT2D eigenvalue weighted by atomic mass is 9.73. The number of halogens is 1. The lowest BCUT2D eigenvalue weighted by Gasteiger charge is -2.31. The summed E-state index contributed by atoms with van der Waals surface area (Å²) < 4.78 is 17.3. The molecule has 5 rings (SSSR count). The molecule has 4 aromatic rings. The van der Waals surface area contributed by atoms with Crippen LogP contribution in [0.3, 0.4) is 0 Å². The third-order valence-electron chi connectivity index (χ3n) is 6.26. The Morgan fingerprint density at radius 1 is 1.00 bits per heavy atom. The zero-order chi connectivity index (χ0) is 22.8. The highest BCUT2D eigenvalue weighted by Gasteiger charge is 2.28. The van der Waals surface area contributed by atoms with Crippen molar-refractivity contribution in [2.45, 2.75) is 19.3 Å². The summed E-state index contributed by atoms with van der Waals surface area (Å²) in [5, 5.41) is 8.92. The van der Waals surface area contributed by atoms with Gasteiger partial charge in [-0.25, -0.2) is 9.78 Å². The van der Waals surface area contributed by atoms with E-state index in [1.807, 2.05) is 54.6 Å². The van der Waals surface area contributed by atoms with Crippen LogP contribution in [-0.4, -0.2) is 20.5 Å². The number of hydrogen-bond acceptors (Lipinski definition) is 2. The zero-order valence-electron chi connectivity index (χ0n) is 18.0. The SMILES string of the molecule is O=C(O)/C=C/c1ccc(/C(=C(\c2ccccc2)C2CCC2)c2ccc3nccn3c2F)cc1. The summed E-state index contributed by atoms with van der Waals surface area (Å²) in [5.74, 6) is -0.985. The molecule has 0 atom stereocenters. The first kappa shape index (κ1) is 20.9. The number of rotatable bonds is 6. The quantitative estimate of drug-likeness (QED) is 0.217. The van der Waals surface area contributed by atoms with Gasteiger partial charge in [-0.3, -0.25) is 4.40 Å². The van der Waals surface area contributed by atoms with Gasteiger partial charge in [-0.05, 0) is 64.8 Å². The minimum atomic E-state index is -0.994. The fourth-order valence-corrected chi connectivity index (χ4v) is 4.43. The number of carboxylic acids is 1. The van der Waals surface area contributed by atoms with Gasteiger partial charge in [-0.15, -0.1) is 0 Å². The number of hydrogen-bond donors (Lipinski definition) is 1.